The third kappa shape index (κ3) is 4.65. The highest BCUT2D eigenvalue weighted by molar-refractivity contribution is 6.04. The highest BCUT2D eigenvalue weighted by atomic mass is 19.1. The van der Waals surface area contributed by atoms with Gasteiger partial charge in [-0.05, 0) is 49.2 Å². The minimum Gasteiger partial charge on any atom is -0.494 e. The molecule has 148 valence electrons. The van der Waals surface area contributed by atoms with Crippen LogP contribution < -0.4 is 15.4 Å². The van der Waals surface area contributed by atoms with Crippen molar-refractivity contribution in [3.05, 3.63) is 53.6 Å². The number of benzene rings is 2. The zero-order valence-electron chi connectivity index (χ0n) is 15.6. The molecule has 1 saturated carbocycles. The van der Waals surface area contributed by atoms with Gasteiger partial charge in [0.25, 0.3) is 5.91 Å². The Labute approximate surface area is 162 Å². The molecule has 0 bridgehead atoms. The quantitative estimate of drug-likeness (QED) is 0.777. The minimum atomic E-state index is -0.658. The zero-order chi connectivity index (χ0) is 20.1. The Hall–Kier alpha value is -2.96. The Morgan fingerprint density at radius 1 is 0.964 bits per heavy atom. The first-order valence-electron chi connectivity index (χ1n) is 9.23. The van der Waals surface area contributed by atoms with Crippen molar-refractivity contribution in [2.45, 2.75) is 32.1 Å². The Kier molecular flexibility index (Phi) is 6.23. The van der Waals surface area contributed by atoms with Crippen LogP contribution in [0.15, 0.2) is 36.4 Å². The van der Waals surface area contributed by atoms with Gasteiger partial charge < -0.3 is 15.4 Å². The molecule has 1 fully saturated rings. The second kappa shape index (κ2) is 8.82. The van der Waals surface area contributed by atoms with Crippen LogP contribution in [0.3, 0.4) is 0 Å². The van der Waals surface area contributed by atoms with Crippen molar-refractivity contribution in [2.24, 2.45) is 5.92 Å². The van der Waals surface area contributed by atoms with Crippen molar-refractivity contribution in [2.75, 3.05) is 17.7 Å². The van der Waals surface area contributed by atoms with E-state index in [4.69, 9.17) is 4.74 Å². The van der Waals surface area contributed by atoms with E-state index in [1.165, 1.54) is 37.4 Å². The second-order valence-electron chi connectivity index (χ2n) is 6.82. The molecule has 7 heteroatoms. The maximum absolute atomic E-state index is 14.1. The van der Waals surface area contributed by atoms with E-state index < -0.39 is 17.5 Å². The molecule has 0 unspecified atom stereocenters. The fourth-order valence-corrected chi connectivity index (χ4v) is 3.31. The molecule has 2 aromatic rings. The first kappa shape index (κ1) is 19.8. The highest BCUT2D eigenvalue weighted by Crippen LogP contribution is 2.27. The highest BCUT2D eigenvalue weighted by Gasteiger charge is 2.22. The number of amides is 2. The van der Waals surface area contributed by atoms with Crippen LogP contribution in [0.1, 0.15) is 42.5 Å². The number of halogens is 2. The van der Waals surface area contributed by atoms with Crippen molar-refractivity contribution in [3.8, 4) is 5.75 Å². The summed E-state index contributed by atoms with van der Waals surface area (Å²) in [5, 5.41) is 5.19. The van der Waals surface area contributed by atoms with Crippen molar-refractivity contribution < 1.29 is 23.1 Å². The number of anilines is 2. The summed E-state index contributed by atoms with van der Waals surface area (Å²) in [4.78, 5) is 24.7. The van der Waals surface area contributed by atoms with Gasteiger partial charge in [-0.15, -0.1) is 0 Å². The van der Waals surface area contributed by atoms with Crippen LogP contribution in [-0.2, 0) is 4.79 Å². The van der Waals surface area contributed by atoms with E-state index in [-0.39, 0.29) is 28.8 Å². The molecule has 2 amide bonds. The van der Waals surface area contributed by atoms with Gasteiger partial charge >= 0.3 is 0 Å². The minimum absolute atomic E-state index is 0.00860. The predicted molar refractivity (Wildman–Crippen MR) is 103 cm³/mol. The molecule has 0 aromatic heterocycles. The molecule has 0 radical (unpaired) electrons. The van der Waals surface area contributed by atoms with Crippen LogP contribution in [0.2, 0.25) is 0 Å². The molecule has 0 aliphatic heterocycles. The van der Waals surface area contributed by atoms with Gasteiger partial charge in [-0.25, -0.2) is 8.78 Å². The normalized spacial score (nSPS) is 14.4. The summed E-state index contributed by atoms with van der Waals surface area (Å²) < 4.78 is 32.7. The average molecular weight is 388 g/mol. The Balaban J connectivity index is 1.71. The first-order valence-corrected chi connectivity index (χ1v) is 9.23. The van der Waals surface area contributed by atoms with Crippen molar-refractivity contribution >= 4 is 23.2 Å². The van der Waals surface area contributed by atoms with E-state index >= 15 is 0 Å². The number of methoxy groups -OCH3 is 1. The molecular formula is C21H22F2N2O3. The first-order chi connectivity index (χ1) is 13.5. The fraction of sp³-hybridized carbons (Fsp3) is 0.333. The Morgan fingerprint density at radius 2 is 1.71 bits per heavy atom. The number of carbonyl (C=O) groups excluding carboxylic acids is 2. The monoisotopic (exact) mass is 388 g/mol. The second-order valence-corrected chi connectivity index (χ2v) is 6.82. The van der Waals surface area contributed by atoms with Crippen LogP contribution in [0.5, 0.6) is 5.75 Å². The molecule has 28 heavy (non-hydrogen) atoms. The third-order valence-electron chi connectivity index (χ3n) is 4.87. The van der Waals surface area contributed by atoms with Crippen LogP contribution in [0.4, 0.5) is 20.2 Å². The average Bonchev–Trinajstić information content (AvgIpc) is 2.71. The lowest BCUT2D eigenvalue weighted by Gasteiger charge is -2.21. The van der Waals surface area contributed by atoms with Gasteiger partial charge in [0, 0.05) is 17.2 Å². The van der Waals surface area contributed by atoms with Crippen molar-refractivity contribution in [1.29, 1.82) is 0 Å². The fourth-order valence-electron chi connectivity index (χ4n) is 3.31. The summed E-state index contributed by atoms with van der Waals surface area (Å²) in [7, 11) is 1.33. The van der Waals surface area contributed by atoms with Gasteiger partial charge in [0.2, 0.25) is 5.91 Å². The predicted octanol–water partition coefficient (Wildman–Crippen LogP) is 4.74. The van der Waals surface area contributed by atoms with Crippen LogP contribution in [-0.4, -0.2) is 18.9 Å². The third-order valence-corrected chi connectivity index (χ3v) is 4.87. The van der Waals surface area contributed by atoms with Crippen LogP contribution >= 0.6 is 0 Å². The van der Waals surface area contributed by atoms with Gasteiger partial charge in [0.1, 0.15) is 5.82 Å². The number of ether oxygens (including phenoxy) is 1. The van der Waals surface area contributed by atoms with Crippen molar-refractivity contribution in [1.82, 2.24) is 0 Å². The molecule has 2 N–H and O–H groups in total. The standard InChI is InChI=1S/C21H22F2N2O3/c1-28-19-10-7-14(11-17(19)23)21(27)24-15-8-9-16(22)18(12-15)25-20(26)13-5-3-2-4-6-13/h7-13H,2-6H2,1H3,(H,24,27)(H,25,26). The lowest BCUT2D eigenvalue weighted by Crippen LogP contribution is -2.25. The topological polar surface area (TPSA) is 67.4 Å². The van der Waals surface area contributed by atoms with Gasteiger partial charge in [0.05, 0.1) is 12.8 Å². The number of hydrogen-bond donors (Lipinski definition) is 2. The van der Waals surface area contributed by atoms with E-state index in [2.05, 4.69) is 10.6 Å². The Morgan fingerprint density at radius 3 is 2.39 bits per heavy atom. The molecule has 1 aliphatic carbocycles. The van der Waals surface area contributed by atoms with E-state index in [1.807, 2.05) is 0 Å². The number of nitrogens with one attached hydrogen (secondary N) is 2. The molecular weight excluding hydrogens is 366 g/mol. The summed E-state index contributed by atoms with van der Waals surface area (Å²) in [5.41, 5.74) is 0.395. The number of carbonyl (C=O) groups is 2. The van der Waals surface area contributed by atoms with Gasteiger partial charge in [-0.2, -0.15) is 0 Å². The maximum atomic E-state index is 14.1. The molecule has 3 rings (SSSR count). The van der Waals surface area contributed by atoms with Gasteiger partial charge in [-0.3, -0.25) is 9.59 Å². The summed E-state index contributed by atoms with van der Waals surface area (Å²) in [6.07, 6.45) is 4.70. The van der Waals surface area contributed by atoms with E-state index in [1.54, 1.807) is 0 Å². The molecule has 0 heterocycles. The lowest BCUT2D eigenvalue weighted by molar-refractivity contribution is -0.120. The smallest absolute Gasteiger partial charge is 0.255 e. The van der Waals surface area contributed by atoms with Gasteiger partial charge in [0.15, 0.2) is 11.6 Å². The molecule has 0 atom stereocenters. The summed E-state index contributed by atoms with van der Waals surface area (Å²) in [6.45, 7) is 0. The number of rotatable bonds is 5. The molecule has 0 spiro atoms. The SMILES string of the molecule is COc1ccc(C(=O)Nc2ccc(F)c(NC(=O)C3CCCCC3)c2)cc1F. The zero-order valence-corrected chi connectivity index (χ0v) is 15.6. The largest absolute Gasteiger partial charge is 0.494 e. The van der Waals surface area contributed by atoms with Crippen LogP contribution in [0.25, 0.3) is 0 Å². The molecule has 0 saturated heterocycles. The van der Waals surface area contributed by atoms with E-state index in [0.29, 0.717) is 5.69 Å². The Bertz CT molecular complexity index is 880. The van der Waals surface area contributed by atoms with Crippen molar-refractivity contribution in [3.63, 3.8) is 0 Å². The number of hydrogen-bond acceptors (Lipinski definition) is 3. The maximum Gasteiger partial charge on any atom is 0.255 e. The van der Waals surface area contributed by atoms with Crippen LogP contribution in [0, 0.1) is 17.6 Å². The summed E-state index contributed by atoms with van der Waals surface area (Å²) in [5.74, 6) is -2.09. The summed E-state index contributed by atoms with van der Waals surface area (Å²) in [6, 6.07) is 7.73. The van der Waals surface area contributed by atoms with Gasteiger partial charge in [-0.1, -0.05) is 19.3 Å². The molecule has 1 aliphatic rings. The van der Waals surface area contributed by atoms with E-state index in [9.17, 15) is 18.4 Å². The lowest BCUT2D eigenvalue weighted by atomic mass is 9.88. The van der Waals surface area contributed by atoms with E-state index in [0.717, 1.165) is 38.2 Å². The molecule has 5 nitrogen and oxygen atoms in total. The molecule has 2 aromatic carbocycles. The summed E-state index contributed by atoms with van der Waals surface area (Å²) >= 11 is 0.